The number of carbonyl (C=O) groups excluding carboxylic acids is 3. The molecule has 2 heterocycles. The van der Waals surface area contributed by atoms with E-state index in [1.54, 1.807) is 6.92 Å². The van der Waals surface area contributed by atoms with Gasteiger partial charge >= 0.3 is 18.1 Å². The van der Waals surface area contributed by atoms with Crippen LogP contribution in [-0.2, 0) is 15.8 Å². The molecule has 0 bridgehead atoms. The summed E-state index contributed by atoms with van der Waals surface area (Å²) in [5, 5.41) is 2.69. The van der Waals surface area contributed by atoms with Crippen LogP contribution in [0.4, 0.5) is 23.7 Å². The number of amidine groups is 2. The molecule has 1 aromatic rings. The zero-order valence-electron chi connectivity index (χ0n) is 16.1. The van der Waals surface area contributed by atoms with Gasteiger partial charge in [-0.25, -0.2) is 9.79 Å². The number of urea groups is 1. The van der Waals surface area contributed by atoms with Gasteiger partial charge in [-0.3, -0.25) is 9.59 Å². The molecular weight excluding hydrogens is 423 g/mol. The predicted octanol–water partition coefficient (Wildman–Crippen LogP) is 2.46. The lowest BCUT2D eigenvalue weighted by Gasteiger charge is -2.26. The highest BCUT2D eigenvalue weighted by Crippen LogP contribution is 2.31. The Kier molecular flexibility index (Phi) is 5.79. The minimum atomic E-state index is -4.52. The third-order valence-corrected chi connectivity index (χ3v) is 5.40. The van der Waals surface area contributed by atoms with Gasteiger partial charge in [-0.2, -0.15) is 22.6 Å². The van der Waals surface area contributed by atoms with Crippen molar-refractivity contribution in [2.75, 3.05) is 25.2 Å². The van der Waals surface area contributed by atoms with Crippen molar-refractivity contribution >= 4 is 52.0 Å². The Morgan fingerprint density at radius 1 is 1.30 bits per heavy atom. The Bertz CT molecular complexity index is 1030. The monoisotopic (exact) mass is 440 g/mol. The molecule has 3 rings (SSSR count). The van der Waals surface area contributed by atoms with Crippen molar-refractivity contribution in [3.05, 3.63) is 29.8 Å². The standard InChI is InChI=1S/C18H16F3N5O3S/c1-9-22-14-13(16(28)26(3)17(29)25(14)2)15(23-9)30-8-12(27)24-11-6-4-5-10(7-11)18(19,20)21/h4-7,13H,8H2,1-3H3/p+1. The molecule has 8 nitrogen and oxygen atoms in total. The fourth-order valence-corrected chi connectivity index (χ4v) is 3.83. The molecular formula is C18H17F3N5O3S+. The maximum absolute atomic E-state index is 12.8. The van der Waals surface area contributed by atoms with Crippen molar-refractivity contribution in [2.45, 2.75) is 13.1 Å². The number of imide groups is 1. The SMILES string of the molecule is CC1=NC2=[N+](C)C(=O)N(C)C(=O)C2C(SCC(=O)Nc2cccc(C(F)(F)F)c2)=N1. The van der Waals surface area contributed by atoms with Crippen LogP contribution in [0.1, 0.15) is 12.5 Å². The lowest BCUT2D eigenvalue weighted by Crippen LogP contribution is -2.54. The van der Waals surface area contributed by atoms with Crippen LogP contribution in [0, 0.1) is 5.92 Å². The lowest BCUT2D eigenvalue weighted by atomic mass is 10.1. The van der Waals surface area contributed by atoms with Gasteiger partial charge in [-0.1, -0.05) is 22.8 Å². The van der Waals surface area contributed by atoms with E-state index in [1.165, 1.54) is 30.8 Å². The van der Waals surface area contributed by atoms with Gasteiger partial charge in [0.1, 0.15) is 5.04 Å². The highest BCUT2D eigenvalue weighted by Gasteiger charge is 2.48. The average Bonchev–Trinajstić information content (AvgIpc) is 2.68. The Balaban J connectivity index is 1.74. The summed E-state index contributed by atoms with van der Waals surface area (Å²) in [5.41, 5.74) is -0.871. The fraction of sp³-hybridized carbons (Fsp3) is 0.333. The van der Waals surface area contributed by atoms with Crippen molar-refractivity contribution in [2.24, 2.45) is 15.9 Å². The van der Waals surface area contributed by atoms with Gasteiger partial charge in [-0.05, 0) is 18.2 Å². The first-order valence-corrected chi connectivity index (χ1v) is 9.63. The molecule has 1 aromatic carbocycles. The number of alkyl halides is 3. The zero-order valence-corrected chi connectivity index (χ0v) is 17.0. The number of aliphatic imine (C=N–C) groups is 2. The summed E-state index contributed by atoms with van der Waals surface area (Å²) in [4.78, 5) is 46.3. The molecule has 30 heavy (non-hydrogen) atoms. The van der Waals surface area contributed by atoms with Gasteiger partial charge in [0.05, 0.1) is 25.4 Å². The Morgan fingerprint density at radius 3 is 2.67 bits per heavy atom. The molecule has 1 unspecified atom stereocenters. The number of amides is 4. The number of carbonyl (C=O) groups is 3. The molecule has 2 aliphatic heterocycles. The maximum Gasteiger partial charge on any atom is 0.445 e. The van der Waals surface area contributed by atoms with E-state index in [0.717, 1.165) is 28.8 Å². The molecule has 1 atom stereocenters. The number of hydrogen-bond donors (Lipinski definition) is 1. The molecule has 0 saturated carbocycles. The lowest BCUT2D eigenvalue weighted by molar-refractivity contribution is -0.407. The van der Waals surface area contributed by atoms with Crippen molar-refractivity contribution in [3.8, 4) is 0 Å². The van der Waals surface area contributed by atoms with E-state index in [9.17, 15) is 27.6 Å². The number of thioether (sulfide) groups is 1. The first-order valence-electron chi connectivity index (χ1n) is 8.65. The molecule has 1 N–H and O–H groups in total. The van der Waals surface area contributed by atoms with E-state index in [4.69, 9.17) is 0 Å². The molecule has 0 radical (unpaired) electrons. The Labute approximate surface area is 173 Å². The van der Waals surface area contributed by atoms with Crippen LogP contribution >= 0.6 is 11.8 Å². The number of rotatable bonds is 3. The largest absolute Gasteiger partial charge is 0.445 e. The summed E-state index contributed by atoms with van der Waals surface area (Å²) >= 11 is 0.962. The van der Waals surface area contributed by atoms with Gasteiger partial charge in [0.25, 0.3) is 5.84 Å². The molecule has 0 spiro atoms. The smallest absolute Gasteiger partial charge is 0.325 e. The summed E-state index contributed by atoms with van der Waals surface area (Å²) in [6.45, 7) is 1.59. The van der Waals surface area contributed by atoms with E-state index < -0.39 is 35.5 Å². The number of nitrogens with zero attached hydrogens (tertiary/aromatic N) is 4. The summed E-state index contributed by atoms with van der Waals surface area (Å²) in [6, 6.07) is 3.75. The van der Waals surface area contributed by atoms with Gasteiger partial charge in [0.15, 0.2) is 5.92 Å². The second kappa shape index (κ2) is 8.01. The van der Waals surface area contributed by atoms with Gasteiger partial charge in [0, 0.05) is 12.6 Å². The second-order valence-corrected chi connectivity index (χ2v) is 7.55. The van der Waals surface area contributed by atoms with Crippen molar-refractivity contribution in [1.82, 2.24) is 4.90 Å². The van der Waals surface area contributed by atoms with E-state index in [-0.39, 0.29) is 22.3 Å². The third kappa shape index (κ3) is 4.27. The third-order valence-electron chi connectivity index (χ3n) is 4.37. The van der Waals surface area contributed by atoms with Crippen LogP contribution in [-0.4, -0.2) is 63.9 Å². The molecule has 0 saturated heterocycles. The van der Waals surface area contributed by atoms with Crippen LogP contribution in [0.25, 0.3) is 0 Å². The molecule has 0 aromatic heterocycles. The minimum absolute atomic E-state index is 0.00445. The topological polar surface area (TPSA) is 94.2 Å². The average molecular weight is 440 g/mol. The number of nitrogens with one attached hydrogen (secondary N) is 1. The first kappa shape index (κ1) is 21.7. The van der Waals surface area contributed by atoms with Crippen LogP contribution in [0.5, 0.6) is 0 Å². The number of benzene rings is 1. The van der Waals surface area contributed by atoms with Crippen LogP contribution < -0.4 is 5.32 Å². The molecule has 2 aliphatic rings. The quantitative estimate of drug-likeness (QED) is 0.731. The Hall–Kier alpha value is -3.02. The predicted molar refractivity (Wildman–Crippen MR) is 106 cm³/mol. The molecule has 158 valence electrons. The van der Waals surface area contributed by atoms with Gasteiger partial charge < -0.3 is 5.32 Å². The van der Waals surface area contributed by atoms with E-state index in [2.05, 4.69) is 15.3 Å². The normalized spacial score (nSPS) is 19.4. The molecule has 0 aliphatic carbocycles. The van der Waals surface area contributed by atoms with E-state index in [0.29, 0.717) is 5.84 Å². The molecule has 4 amide bonds. The summed E-state index contributed by atoms with van der Waals surface area (Å²) in [6.07, 6.45) is -4.52. The van der Waals surface area contributed by atoms with Crippen molar-refractivity contribution < 1.29 is 32.1 Å². The summed E-state index contributed by atoms with van der Waals surface area (Å²) in [7, 11) is 2.82. The highest BCUT2D eigenvalue weighted by molar-refractivity contribution is 8.14. The first-order chi connectivity index (χ1) is 14.0. The van der Waals surface area contributed by atoms with Crippen molar-refractivity contribution in [1.29, 1.82) is 0 Å². The number of halogens is 3. The van der Waals surface area contributed by atoms with Crippen molar-refractivity contribution in [3.63, 3.8) is 0 Å². The highest BCUT2D eigenvalue weighted by atomic mass is 32.2. The van der Waals surface area contributed by atoms with E-state index >= 15 is 0 Å². The number of hydrogen-bond acceptors (Lipinski definition) is 6. The van der Waals surface area contributed by atoms with E-state index in [1.807, 2.05) is 0 Å². The summed E-state index contributed by atoms with van der Waals surface area (Å²) < 4.78 is 39.7. The number of anilines is 1. The second-order valence-electron chi connectivity index (χ2n) is 6.55. The summed E-state index contributed by atoms with van der Waals surface area (Å²) in [5.74, 6) is -1.66. The van der Waals surface area contributed by atoms with Crippen LogP contribution in [0.2, 0.25) is 0 Å². The van der Waals surface area contributed by atoms with Crippen LogP contribution in [0.15, 0.2) is 34.3 Å². The zero-order chi connectivity index (χ0) is 22.2. The molecule has 0 fully saturated rings. The number of fused-ring (bicyclic) bond motifs is 1. The fourth-order valence-electron chi connectivity index (χ4n) is 2.91. The minimum Gasteiger partial charge on any atom is -0.325 e. The van der Waals surface area contributed by atoms with Gasteiger partial charge in [0.2, 0.25) is 11.7 Å². The van der Waals surface area contributed by atoms with Crippen LogP contribution in [0.3, 0.4) is 0 Å². The maximum atomic E-state index is 12.8. The Morgan fingerprint density at radius 2 is 2.00 bits per heavy atom. The molecule has 12 heteroatoms. The van der Waals surface area contributed by atoms with Gasteiger partial charge in [-0.15, -0.1) is 0 Å².